The molecule has 0 radical (unpaired) electrons. The van der Waals surface area contributed by atoms with Crippen LogP contribution in [0, 0.1) is 18.3 Å². The van der Waals surface area contributed by atoms with E-state index < -0.39 is 12.1 Å². The molecule has 160 valence electrons. The second-order valence-corrected chi connectivity index (χ2v) is 6.98. The van der Waals surface area contributed by atoms with Crippen LogP contribution in [0.15, 0.2) is 53.7 Å². The lowest BCUT2D eigenvalue weighted by Gasteiger charge is -2.29. The number of carbonyl (C=O) groups is 2. The van der Waals surface area contributed by atoms with Gasteiger partial charge in [0.15, 0.2) is 18.1 Å². The van der Waals surface area contributed by atoms with Gasteiger partial charge >= 0.3 is 6.03 Å². The zero-order valence-electron chi connectivity index (χ0n) is 17.6. The number of hydrogen-bond donors (Lipinski definition) is 3. The number of rotatable bonds is 7. The van der Waals surface area contributed by atoms with E-state index in [-0.39, 0.29) is 12.5 Å². The maximum Gasteiger partial charge on any atom is 0.319 e. The van der Waals surface area contributed by atoms with Gasteiger partial charge in [0.05, 0.1) is 18.2 Å². The van der Waals surface area contributed by atoms with Crippen LogP contribution in [0.1, 0.15) is 31.0 Å². The van der Waals surface area contributed by atoms with Crippen molar-refractivity contribution in [2.75, 3.05) is 18.5 Å². The summed E-state index contributed by atoms with van der Waals surface area (Å²) in [4.78, 5) is 25.3. The van der Waals surface area contributed by atoms with E-state index >= 15 is 0 Å². The summed E-state index contributed by atoms with van der Waals surface area (Å²) in [6.07, 6.45) is 0. The minimum Gasteiger partial charge on any atom is -0.490 e. The number of nitriles is 1. The topological polar surface area (TPSA) is 112 Å². The molecular formula is C23H24N4O4. The zero-order valence-corrected chi connectivity index (χ0v) is 17.6. The number of amides is 3. The molecule has 0 unspecified atom stereocenters. The molecule has 0 fully saturated rings. The molecule has 0 spiro atoms. The van der Waals surface area contributed by atoms with E-state index in [1.807, 2.05) is 38.1 Å². The Morgan fingerprint density at radius 1 is 1.16 bits per heavy atom. The number of benzene rings is 2. The quantitative estimate of drug-likeness (QED) is 0.634. The Balaban J connectivity index is 1.96. The number of ether oxygens (including phenoxy) is 2. The SMILES string of the molecule is CCOc1cc([C@H]2NC(=O)NC(C)=C2C(=O)Nc2cccc(C)c2)ccc1OCC#N. The molecule has 2 aromatic rings. The van der Waals surface area contributed by atoms with Gasteiger partial charge in [0, 0.05) is 11.4 Å². The van der Waals surface area contributed by atoms with Crippen molar-refractivity contribution in [2.24, 2.45) is 0 Å². The Morgan fingerprint density at radius 2 is 1.97 bits per heavy atom. The fourth-order valence-corrected chi connectivity index (χ4v) is 3.37. The molecular weight excluding hydrogens is 396 g/mol. The van der Waals surface area contributed by atoms with Crippen molar-refractivity contribution in [3.05, 3.63) is 64.9 Å². The normalized spacial score (nSPS) is 15.4. The maximum atomic E-state index is 13.1. The minimum atomic E-state index is -0.692. The highest BCUT2D eigenvalue weighted by molar-refractivity contribution is 6.06. The van der Waals surface area contributed by atoms with E-state index in [0.29, 0.717) is 40.6 Å². The summed E-state index contributed by atoms with van der Waals surface area (Å²) in [6, 6.07) is 13.4. The van der Waals surface area contributed by atoms with Crippen LogP contribution in [0.4, 0.5) is 10.5 Å². The fourth-order valence-electron chi connectivity index (χ4n) is 3.37. The third-order valence-corrected chi connectivity index (χ3v) is 4.68. The van der Waals surface area contributed by atoms with Crippen LogP contribution >= 0.6 is 0 Å². The highest BCUT2D eigenvalue weighted by Crippen LogP contribution is 2.34. The van der Waals surface area contributed by atoms with Crippen LogP contribution < -0.4 is 25.4 Å². The Kier molecular flexibility index (Phi) is 6.78. The lowest BCUT2D eigenvalue weighted by molar-refractivity contribution is -0.113. The van der Waals surface area contributed by atoms with E-state index in [1.165, 1.54) is 0 Å². The van der Waals surface area contributed by atoms with Gasteiger partial charge < -0.3 is 25.4 Å². The molecule has 3 rings (SSSR count). The van der Waals surface area contributed by atoms with Crippen molar-refractivity contribution < 1.29 is 19.1 Å². The number of aryl methyl sites for hydroxylation is 1. The summed E-state index contributed by atoms with van der Waals surface area (Å²) in [5.41, 5.74) is 3.17. The molecule has 1 atom stereocenters. The highest BCUT2D eigenvalue weighted by atomic mass is 16.5. The third kappa shape index (κ3) is 5.14. The molecule has 8 nitrogen and oxygen atoms in total. The van der Waals surface area contributed by atoms with Gasteiger partial charge in [-0.15, -0.1) is 0 Å². The molecule has 0 saturated heterocycles. The van der Waals surface area contributed by atoms with Crippen LogP contribution in [-0.2, 0) is 4.79 Å². The molecule has 1 heterocycles. The van der Waals surface area contributed by atoms with E-state index in [2.05, 4.69) is 16.0 Å². The van der Waals surface area contributed by atoms with Crippen LogP contribution in [0.2, 0.25) is 0 Å². The Morgan fingerprint density at radius 3 is 2.68 bits per heavy atom. The van der Waals surface area contributed by atoms with Crippen LogP contribution in [0.25, 0.3) is 0 Å². The number of allylic oxidation sites excluding steroid dienone is 1. The molecule has 2 aromatic carbocycles. The monoisotopic (exact) mass is 420 g/mol. The first-order chi connectivity index (χ1) is 14.9. The highest BCUT2D eigenvalue weighted by Gasteiger charge is 2.32. The van der Waals surface area contributed by atoms with E-state index in [4.69, 9.17) is 14.7 Å². The van der Waals surface area contributed by atoms with Gasteiger partial charge in [0.2, 0.25) is 0 Å². The van der Waals surface area contributed by atoms with Crippen molar-refractivity contribution >= 4 is 17.6 Å². The Bertz CT molecular complexity index is 1070. The smallest absolute Gasteiger partial charge is 0.319 e. The number of hydrogen-bond acceptors (Lipinski definition) is 5. The number of nitrogens with zero attached hydrogens (tertiary/aromatic N) is 1. The third-order valence-electron chi connectivity index (χ3n) is 4.68. The second-order valence-electron chi connectivity index (χ2n) is 6.98. The lowest BCUT2D eigenvalue weighted by atomic mass is 9.94. The molecule has 8 heteroatoms. The van der Waals surface area contributed by atoms with Crippen molar-refractivity contribution in [2.45, 2.75) is 26.8 Å². The molecule has 3 amide bonds. The molecule has 1 aliphatic heterocycles. The van der Waals surface area contributed by atoms with Gasteiger partial charge in [-0.3, -0.25) is 4.79 Å². The minimum absolute atomic E-state index is 0.118. The first kappa shape index (κ1) is 21.7. The van der Waals surface area contributed by atoms with Crippen molar-refractivity contribution in [1.82, 2.24) is 10.6 Å². The summed E-state index contributed by atoms with van der Waals surface area (Å²) >= 11 is 0. The van der Waals surface area contributed by atoms with Gasteiger partial charge in [-0.2, -0.15) is 5.26 Å². The van der Waals surface area contributed by atoms with Crippen LogP contribution in [-0.4, -0.2) is 25.2 Å². The molecule has 0 aromatic heterocycles. The molecule has 0 aliphatic carbocycles. The van der Waals surface area contributed by atoms with Crippen LogP contribution in [0.3, 0.4) is 0 Å². The molecule has 1 aliphatic rings. The van der Waals surface area contributed by atoms with Crippen LogP contribution in [0.5, 0.6) is 11.5 Å². The lowest BCUT2D eigenvalue weighted by Crippen LogP contribution is -2.46. The van der Waals surface area contributed by atoms with Gasteiger partial charge in [-0.05, 0) is 56.2 Å². The summed E-state index contributed by atoms with van der Waals surface area (Å²) in [6.45, 7) is 5.73. The summed E-state index contributed by atoms with van der Waals surface area (Å²) in [7, 11) is 0. The van der Waals surface area contributed by atoms with Gasteiger partial charge in [0.1, 0.15) is 6.07 Å². The van der Waals surface area contributed by atoms with Gasteiger partial charge in [-0.1, -0.05) is 18.2 Å². The number of carbonyl (C=O) groups excluding carboxylic acids is 2. The first-order valence-corrected chi connectivity index (χ1v) is 9.85. The average Bonchev–Trinajstić information content (AvgIpc) is 2.72. The molecule has 0 bridgehead atoms. The molecule has 0 saturated carbocycles. The standard InChI is InChI=1S/C23H24N4O4/c1-4-30-19-13-16(8-9-18(19)31-11-10-24)21-20(15(3)25-23(29)27-21)22(28)26-17-7-5-6-14(2)12-17/h5-9,12-13,21H,4,11H2,1-3H3,(H,26,28)(H2,25,27,29)/t21-/m1/s1. The maximum absolute atomic E-state index is 13.1. The number of urea groups is 1. The van der Waals surface area contributed by atoms with E-state index in [1.54, 1.807) is 31.2 Å². The van der Waals surface area contributed by atoms with Crippen molar-refractivity contribution in [1.29, 1.82) is 5.26 Å². The molecule has 31 heavy (non-hydrogen) atoms. The Hall–Kier alpha value is -3.99. The summed E-state index contributed by atoms with van der Waals surface area (Å²) in [5, 5.41) is 17.1. The molecule has 3 N–H and O–H groups in total. The van der Waals surface area contributed by atoms with E-state index in [0.717, 1.165) is 5.56 Å². The zero-order chi connectivity index (χ0) is 22.4. The van der Waals surface area contributed by atoms with Gasteiger partial charge in [0.25, 0.3) is 5.91 Å². The largest absolute Gasteiger partial charge is 0.490 e. The van der Waals surface area contributed by atoms with Crippen molar-refractivity contribution in [3.63, 3.8) is 0 Å². The average molecular weight is 420 g/mol. The van der Waals surface area contributed by atoms with E-state index in [9.17, 15) is 9.59 Å². The van der Waals surface area contributed by atoms with Crippen molar-refractivity contribution in [3.8, 4) is 17.6 Å². The number of nitrogens with one attached hydrogen (secondary N) is 3. The first-order valence-electron chi connectivity index (χ1n) is 9.85. The summed E-state index contributed by atoms with van der Waals surface area (Å²) in [5.74, 6) is 0.515. The summed E-state index contributed by atoms with van der Waals surface area (Å²) < 4.78 is 11.1. The Labute approximate surface area is 180 Å². The fraction of sp³-hybridized carbons (Fsp3) is 0.261. The second kappa shape index (κ2) is 9.67. The number of anilines is 1. The predicted octanol–water partition coefficient (Wildman–Crippen LogP) is 3.56. The predicted molar refractivity (Wildman–Crippen MR) is 116 cm³/mol. The van der Waals surface area contributed by atoms with Gasteiger partial charge in [-0.25, -0.2) is 4.79 Å².